The van der Waals surface area contributed by atoms with E-state index in [4.69, 9.17) is 9.72 Å². The van der Waals surface area contributed by atoms with Crippen molar-refractivity contribution < 1.29 is 9.53 Å². The fourth-order valence-electron chi connectivity index (χ4n) is 3.74. The number of carbonyl (C=O) groups is 1. The Morgan fingerprint density at radius 1 is 1.31 bits per heavy atom. The Bertz CT molecular complexity index is 802. The summed E-state index contributed by atoms with van der Waals surface area (Å²) in [7, 11) is 1.59. The maximum absolute atomic E-state index is 12.9. The lowest BCUT2D eigenvalue weighted by Crippen LogP contribution is -2.37. The lowest BCUT2D eigenvalue weighted by molar-refractivity contribution is 0.0729. The van der Waals surface area contributed by atoms with E-state index in [1.807, 2.05) is 35.4 Å². The maximum Gasteiger partial charge on any atom is 0.257 e. The lowest BCUT2D eigenvalue weighted by atomic mass is 10.0. The Hall–Kier alpha value is -2.47. The third-order valence-electron chi connectivity index (χ3n) is 5.20. The van der Waals surface area contributed by atoms with Gasteiger partial charge in [-0.25, -0.2) is 9.97 Å². The number of rotatable bonds is 3. The van der Waals surface area contributed by atoms with Crippen molar-refractivity contribution in [2.24, 2.45) is 0 Å². The van der Waals surface area contributed by atoms with E-state index >= 15 is 0 Å². The molecule has 1 N–H and O–H groups in total. The molecule has 1 unspecified atom stereocenters. The summed E-state index contributed by atoms with van der Waals surface area (Å²) in [5, 5.41) is 3.50. The van der Waals surface area contributed by atoms with Crippen LogP contribution in [-0.4, -0.2) is 41.0 Å². The summed E-state index contributed by atoms with van der Waals surface area (Å²) in [6, 6.07) is 7.63. The first kappa shape index (κ1) is 17.0. The molecule has 0 spiro atoms. The molecule has 2 aliphatic rings. The van der Waals surface area contributed by atoms with Gasteiger partial charge in [0.15, 0.2) is 0 Å². The average Bonchev–Trinajstić information content (AvgIpc) is 2.73. The van der Waals surface area contributed by atoms with Crippen molar-refractivity contribution in [3.63, 3.8) is 0 Å². The minimum Gasteiger partial charge on any atom is -0.496 e. The fourth-order valence-corrected chi connectivity index (χ4v) is 3.74. The van der Waals surface area contributed by atoms with Crippen LogP contribution in [0.4, 0.5) is 0 Å². The molecule has 1 fully saturated rings. The highest BCUT2D eigenvalue weighted by atomic mass is 16.5. The van der Waals surface area contributed by atoms with E-state index in [9.17, 15) is 4.79 Å². The quantitative estimate of drug-likeness (QED) is 0.919. The highest BCUT2D eigenvalue weighted by Crippen LogP contribution is 2.25. The molecule has 6 heteroatoms. The molecule has 1 amide bonds. The zero-order valence-corrected chi connectivity index (χ0v) is 15.1. The van der Waals surface area contributed by atoms with Crippen LogP contribution in [0.5, 0.6) is 5.75 Å². The monoisotopic (exact) mass is 352 g/mol. The van der Waals surface area contributed by atoms with Crippen molar-refractivity contribution in [3.05, 3.63) is 53.1 Å². The van der Waals surface area contributed by atoms with Gasteiger partial charge in [0.05, 0.1) is 24.4 Å². The molecular weight excluding hydrogens is 328 g/mol. The Labute approximate surface area is 153 Å². The zero-order valence-electron chi connectivity index (χ0n) is 15.1. The van der Waals surface area contributed by atoms with Crippen LogP contribution < -0.4 is 10.1 Å². The first-order valence-electron chi connectivity index (χ1n) is 9.26. The number of hydrogen-bond acceptors (Lipinski definition) is 5. The van der Waals surface area contributed by atoms with E-state index in [-0.39, 0.29) is 11.9 Å². The number of piperidine rings is 1. The number of amides is 1. The van der Waals surface area contributed by atoms with Gasteiger partial charge in [0.25, 0.3) is 5.91 Å². The maximum atomic E-state index is 12.9. The minimum absolute atomic E-state index is 0.00822. The third-order valence-corrected chi connectivity index (χ3v) is 5.20. The van der Waals surface area contributed by atoms with Crippen LogP contribution in [-0.2, 0) is 13.0 Å². The van der Waals surface area contributed by atoms with Gasteiger partial charge in [0.1, 0.15) is 11.6 Å². The van der Waals surface area contributed by atoms with Gasteiger partial charge in [0, 0.05) is 31.3 Å². The SMILES string of the molecule is COc1ccccc1C(=O)N1CCc2nc(C3CCCCN3)ncc2C1. The smallest absolute Gasteiger partial charge is 0.257 e. The summed E-state index contributed by atoms with van der Waals surface area (Å²) in [5.74, 6) is 1.50. The number of carbonyl (C=O) groups excluding carboxylic acids is 1. The number of nitrogens with zero attached hydrogens (tertiary/aromatic N) is 3. The Morgan fingerprint density at radius 2 is 2.19 bits per heavy atom. The minimum atomic E-state index is -0.00822. The van der Waals surface area contributed by atoms with Gasteiger partial charge in [-0.1, -0.05) is 18.6 Å². The van der Waals surface area contributed by atoms with Crippen LogP contribution in [0.1, 0.15) is 52.7 Å². The molecule has 1 aromatic heterocycles. The number of benzene rings is 1. The van der Waals surface area contributed by atoms with E-state index in [1.54, 1.807) is 7.11 Å². The first-order valence-corrected chi connectivity index (χ1v) is 9.26. The first-order chi connectivity index (χ1) is 12.8. The summed E-state index contributed by atoms with van der Waals surface area (Å²) in [5.41, 5.74) is 2.72. The largest absolute Gasteiger partial charge is 0.496 e. The van der Waals surface area contributed by atoms with Crippen molar-refractivity contribution in [2.45, 2.75) is 38.3 Å². The molecule has 1 saturated heterocycles. The number of aromatic nitrogens is 2. The van der Waals surface area contributed by atoms with E-state index in [1.165, 1.54) is 12.8 Å². The molecule has 0 saturated carbocycles. The van der Waals surface area contributed by atoms with Gasteiger partial charge in [-0.05, 0) is 31.5 Å². The second-order valence-electron chi connectivity index (χ2n) is 6.88. The number of hydrogen-bond donors (Lipinski definition) is 1. The highest BCUT2D eigenvalue weighted by Gasteiger charge is 2.26. The highest BCUT2D eigenvalue weighted by molar-refractivity contribution is 5.97. The number of fused-ring (bicyclic) bond motifs is 1. The molecule has 0 radical (unpaired) electrons. The van der Waals surface area contributed by atoms with E-state index in [0.717, 1.165) is 36.5 Å². The standard InChI is InChI=1S/C20H24N4O2/c1-26-18-8-3-2-6-15(18)20(25)24-11-9-16-14(13-24)12-22-19(23-16)17-7-4-5-10-21-17/h2-3,6,8,12,17,21H,4-5,7,9-11,13H2,1H3. The molecule has 136 valence electrons. The average molecular weight is 352 g/mol. The normalized spacial score (nSPS) is 19.7. The second kappa shape index (κ2) is 7.41. The van der Waals surface area contributed by atoms with Crippen LogP contribution in [0, 0.1) is 0 Å². The van der Waals surface area contributed by atoms with Crippen molar-refractivity contribution in [3.8, 4) is 5.75 Å². The lowest BCUT2D eigenvalue weighted by Gasteiger charge is -2.29. The summed E-state index contributed by atoms with van der Waals surface area (Å²) >= 11 is 0. The van der Waals surface area contributed by atoms with Crippen molar-refractivity contribution in [2.75, 3.05) is 20.2 Å². The predicted molar refractivity (Wildman–Crippen MR) is 98.1 cm³/mol. The number of methoxy groups -OCH3 is 1. The van der Waals surface area contributed by atoms with E-state index in [2.05, 4.69) is 10.3 Å². The Morgan fingerprint density at radius 3 is 3.00 bits per heavy atom. The summed E-state index contributed by atoms with van der Waals surface area (Å²) in [6.45, 7) is 2.25. The number of nitrogens with one attached hydrogen (secondary N) is 1. The van der Waals surface area contributed by atoms with Gasteiger partial charge < -0.3 is 15.0 Å². The number of ether oxygens (including phenoxy) is 1. The van der Waals surface area contributed by atoms with Crippen LogP contribution in [0.15, 0.2) is 30.5 Å². The van der Waals surface area contributed by atoms with Crippen LogP contribution >= 0.6 is 0 Å². The molecule has 0 bridgehead atoms. The van der Waals surface area contributed by atoms with Crippen molar-refractivity contribution in [1.29, 1.82) is 0 Å². The second-order valence-corrected chi connectivity index (χ2v) is 6.88. The van der Waals surface area contributed by atoms with Crippen molar-refractivity contribution >= 4 is 5.91 Å². The molecule has 2 aliphatic heterocycles. The molecule has 1 atom stereocenters. The Kier molecular flexibility index (Phi) is 4.84. The molecule has 4 rings (SSSR count). The molecule has 1 aromatic carbocycles. The van der Waals surface area contributed by atoms with Gasteiger partial charge in [0.2, 0.25) is 0 Å². The zero-order chi connectivity index (χ0) is 17.9. The van der Waals surface area contributed by atoms with E-state index in [0.29, 0.717) is 24.4 Å². The molecule has 0 aliphatic carbocycles. The summed E-state index contributed by atoms with van der Waals surface area (Å²) < 4.78 is 5.33. The van der Waals surface area contributed by atoms with Crippen LogP contribution in [0.2, 0.25) is 0 Å². The van der Waals surface area contributed by atoms with Gasteiger partial charge in [-0.15, -0.1) is 0 Å². The molecule has 26 heavy (non-hydrogen) atoms. The summed E-state index contributed by atoms with van der Waals surface area (Å²) in [6.07, 6.45) is 6.20. The van der Waals surface area contributed by atoms with E-state index < -0.39 is 0 Å². The van der Waals surface area contributed by atoms with Crippen LogP contribution in [0.3, 0.4) is 0 Å². The Balaban J connectivity index is 1.52. The van der Waals surface area contributed by atoms with Gasteiger partial charge in [-0.2, -0.15) is 0 Å². The summed E-state index contributed by atoms with van der Waals surface area (Å²) in [4.78, 5) is 24.1. The molecule has 2 aromatic rings. The predicted octanol–water partition coefficient (Wildman–Crippen LogP) is 2.50. The molecule has 3 heterocycles. The molecule has 6 nitrogen and oxygen atoms in total. The topological polar surface area (TPSA) is 67.3 Å². The fraction of sp³-hybridized carbons (Fsp3) is 0.450. The third kappa shape index (κ3) is 3.29. The van der Waals surface area contributed by atoms with Gasteiger partial charge in [-0.3, -0.25) is 4.79 Å². The van der Waals surface area contributed by atoms with Crippen molar-refractivity contribution in [1.82, 2.24) is 20.2 Å². The van der Waals surface area contributed by atoms with Gasteiger partial charge >= 0.3 is 0 Å². The number of para-hydroxylation sites is 1. The molecular formula is C20H24N4O2. The van der Waals surface area contributed by atoms with Crippen LogP contribution in [0.25, 0.3) is 0 Å².